The van der Waals surface area contributed by atoms with Gasteiger partial charge in [-0.05, 0) is 48.0 Å². The lowest BCUT2D eigenvalue weighted by Gasteiger charge is -2.11. The monoisotopic (exact) mass is 391 g/mol. The predicted octanol–water partition coefficient (Wildman–Crippen LogP) is 4.50. The molecule has 0 fully saturated rings. The van der Waals surface area contributed by atoms with Crippen LogP contribution in [0, 0.1) is 0 Å². The Morgan fingerprint density at radius 1 is 0.828 bits per heavy atom. The minimum Gasteiger partial charge on any atom is -0.497 e. The van der Waals surface area contributed by atoms with Crippen molar-refractivity contribution < 1.29 is 23.7 Å². The Bertz CT molecular complexity index is 993. The van der Waals surface area contributed by atoms with Crippen LogP contribution >= 0.6 is 0 Å². The highest BCUT2D eigenvalue weighted by molar-refractivity contribution is 5.92. The van der Waals surface area contributed by atoms with Gasteiger partial charge in [-0.15, -0.1) is 0 Å². The number of aromatic nitrogens is 1. The van der Waals surface area contributed by atoms with Crippen LogP contribution in [-0.4, -0.2) is 32.3 Å². The lowest BCUT2D eigenvalue weighted by atomic mass is 10.1. The molecule has 0 amide bonds. The van der Waals surface area contributed by atoms with Crippen LogP contribution < -0.4 is 18.9 Å². The van der Waals surface area contributed by atoms with Gasteiger partial charge in [0.05, 0.1) is 32.6 Å². The Morgan fingerprint density at radius 2 is 1.59 bits per heavy atom. The first-order valence-electron chi connectivity index (χ1n) is 8.85. The topological polar surface area (TPSA) is 66.9 Å². The number of hydrogen-bond donors (Lipinski definition) is 0. The largest absolute Gasteiger partial charge is 0.497 e. The zero-order valence-electron chi connectivity index (χ0n) is 16.4. The number of methoxy groups -OCH3 is 3. The fourth-order valence-electron chi connectivity index (χ4n) is 2.61. The van der Waals surface area contributed by atoms with E-state index in [9.17, 15) is 4.79 Å². The van der Waals surface area contributed by atoms with Gasteiger partial charge in [0.25, 0.3) is 0 Å². The number of rotatable bonds is 7. The second-order valence-corrected chi connectivity index (χ2v) is 5.99. The van der Waals surface area contributed by atoms with E-state index >= 15 is 0 Å². The van der Waals surface area contributed by atoms with Crippen molar-refractivity contribution in [3.8, 4) is 23.0 Å². The quantitative estimate of drug-likeness (QED) is 0.436. The molecule has 0 saturated carbocycles. The van der Waals surface area contributed by atoms with Gasteiger partial charge in [0.2, 0.25) is 0 Å². The summed E-state index contributed by atoms with van der Waals surface area (Å²) in [5.74, 6) is 1.21. The van der Waals surface area contributed by atoms with Crippen molar-refractivity contribution in [1.29, 1.82) is 0 Å². The zero-order valence-corrected chi connectivity index (χ0v) is 16.4. The van der Waals surface area contributed by atoms with Crippen LogP contribution in [0.1, 0.15) is 21.6 Å². The van der Waals surface area contributed by atoms with Crippen LogP contribution in [0.4, 0.5) is 0 Å². The molecule has 2 aromatic carbocycles. The van der Waals surface area contributed by atoms with Gasteiger partial charge in [-0.1, -0.05) is 18.2 Å². The molecule has 0 radical (unpaired) electrons. The van der Waals surface area contributed by atoms with Crippen LogP contribution in [0.2, 0.25) is 0 Å². The van der Waals surface area contributed by atoms with Crippen LogP contribution in [-0.2, 0) is 0 Å². The lowest BCUT2D eigenvalue weighted by Crippen LogP contribution is -2.10. The maximum absolute atomic E-state index is 12.6. The normalized spacial score (nSPS) is 10.6. The third-order valence-electron chi connectivity index (χ3n) is 4.11. The summed E-state index contributed by atoms with van der Waals surface area (Å²) in [5.41, 5.74) is 2.03. The minimum atomic E-state index is -0.544. The number of carbonyl (C=O) groups excluding carboxylic acids is 1. The molecule has 29 heavy (non-hydrogen) atoms. The molecule has 0 N–H and O–H groups in total. The average molecular weight is 391 g/mol. The van der Waals surface area contributed by atoms with Gasteiger partial charge < -0.3 is 18.9 Å². The summed E-state index contributed by atoms with van der Waals surface area (Å²) in [4.78, 5) is 16.9. The van der Waals surface area contributed by atoms with Crippen molar-refractivity contribution in [3.63, 3.8) is 0 Å². The Labute approximate surface area is 169 Å². The van der Waals surface area contributed by atoms with Crippen molar-refractivity contribution in [3.05, 3.63) is 77.6 Å². The molecular formula is C23H21NO5. The molecule has 1 aromatic heterocycles. The van der Waals surface area contributed by atoms with Gasteiger partial charge in [0, 0.05) is 12.3 Å². The van der Waals surface area contributed by atoms with Crippen molar-refractivity contribution in [1.82, 2.24) is 4.98 Å². The highest BCUT2D eigenvalue weighted by atomic mass is 16.6. The van der Waals surface area contributed by atoms with E-state index in [-0.39, 0.29) is 0 Å². The van der Waals surface area contributed by atoms with E-state index in [1.54, 1.807) is 36.5 Å². The zero-order chi connectivity index (χ0) is 20.6. The lowest BCUT2D eigenvalue weighted by molar-refractivity contribution is 0.0729. The number of ether oxygens (including phenoxy) is 4. The SMILES string of the molecule is COc1cc(OC)cc(C(=O)Oc2ccc(/C=C/c3ccccn3)cc2OC)c1. The molecule has 3 aromatic rings. The summed E-state index contributed by atoms with van der Waals surface area (Å²) < 4.78 is 21.3. The summed E-state index contributed by atoms with van der Waals surface area (Å²) in [5, 5.41) is 0. The Hall–Kier alpha value is -3.80. The van der Waals surface area contributed by atoms with Crippen molar-refractivity contribution >= 4 is 18.1 Å². The molecule has 0 unspecified atom stereocenters. The molecule has 1 heterocycles. The van der Waals surface area contributed by atoms with E-state index in [4.69, 9.17) is 18.9 Å². The fourth-order valence-corrected chi connectivity index (χ4v) is 2.61. The van der Waals surface area contributed by atoms with Crippen LogP contribution in [0.3, 0.4) is 0 Å². The van der Waals surface area contributed by atoms with Crippen molar-refractivity contribution in [2.75, 3.05) is 21.3 Å². The molecule has 0 spiro atoms. The van der Waals surface area contributed by atoms with Crippen molar-refractivity contribution in [2.24, 2.45) is 0 Å². The summed E-state index contributed by atoms with van der Waals surface area (Å²) in [6, 6.07) is 15.8. The third-order valence-corrected chi connectivity index (χ3v) is 4.11. The third kappa shape index (κ3) is 5.13. The van der Waals surface area contributed by atoms with E-state index in [0.717, 1.165) is 11.3 Å². The number of pyridine rings is 1. The van der Waals surface area contributed by atoms with Crippen LogP contribution in [0.5, 0.6) is 23.0 Å². The molecule has 0 aliphatic heterocycles. The second-order valence-electron chi connectivity index (χ2n) is 5.99. The van der Waals surface area contributed by atoms with Crippen molar-refractivity contribution in [2.45, 2.75) is 0 Å². The van der Waals surface area contributed by atoms with E-state index in [0.29, 0.717) is 28.6 Å². The maximum Gasteiger partial charge on any atom is 0.343 e. The summed E-state index contributed by atoms with van der Waals surface area (Å²) in [6.45, 7) is 0. The van der Waals surface area contributed by atoms with E-state index in [1.165, 1.54) is 21.3 Å². The standard InChI is InChI=1S/C23H21NO5/c1-26-19-13-17(14-20(15-19)27-2)23(25)29-21-10-8-16(12-22(21)28-3)7-9-18-6-4-5-11-24-18/h4-15H,1-3H3/b9-7+. The fraction of sp³-hybridized carbons (Fsp3) is 0.130. The predicted molar refractivity (Wildman–Crippen MR) is 111 cm³/mol. The van der Waals surface area contributed by atoms with E-state index in [2.05, 4.69) is 4.98 Å². The highest BCUT2D eigenvalue weighted by Gasteiger charge is 2.15. The molecule has 0 aliphatic rings. The molecule has 148 valence electrons. The van der Waals surface area contributed by atoms with Crippen LogP contribution in [0.15, 0.2) is 60.8 Å². The number of carbonyl (C=O) groups is 1. The molecule has 6 heteroatoms. The van der Waals surface area contributed by atoms with Gasteiger partial charge in [-0.2, -0.15) is 0 Å². The van der Waals surface area contributed by atoms with E-state index in [1.807, 2.05) is 36.4 Å². The molecular weight excluding hydrogens is 370 g/mol. The van der Waals surface area contributed by atoms with E-state index < -0.39 is 5.97 Å². The molecule has 0 saturated heterocycles. The van der Waals surface area contributed by atoms with Crippen LogP contribution in [0.25, 0.3) is 12.2 Å². The Morgan fingerprint density at radius 3 is 2.21 bits per heavy atom. The summed E-state index contributed by atoms with van der Waals surface area (Å²) >= 11 is 0. The highest BCUT2D eigenvalue weighted by Crippen LogP contribution is 2.30. The molecule has 3 rings (SSSR count). The first-order chi connectivity index (χ1) is 14.1. The molecule has 0 bridgehead atoms. The smallest absolute Gasteiger partial charge is 0.343 e. The van der Waals surface area contributed by atoms with Gasteiger partial charge in [-0.3, -0.25) is 4.98 Å². The first kappa shape index (κ1) is 19.9. The number of benzene rings is 2. The molecule has 0 atom stereocenters. The van der Waals surface area contributed by atoms with Gasteiger partial charge in [0.15, 0.2) is 11.5 Å². The van der Waals surface area contributed by atoms with Gasteiger partial charge in [-0.25, -0.2) is 4.79 Å². The number of hydrogen-bond acceptors (Lipinski definition) is 6. The first-order valence-corrected chi connectivity index (χ1v) is 8.85. The number of nitrogens with zero attached hydrogens (tertiary/aromatic N) is 1. The number of esters is 1. The maximum atomic E-state index is 12.6. The molecule has 0 aliphatic carbocycles. The summed E-state index contributed by atoms with van der Waals surface area (Å²) in [7, 11) is 4.56. The van der Waals surface area contributed by atoms with Gasteiger partial charge in [0.1, 0.15) is 11.5 Å². The average Bonchev–Trinajstić information content (AvgIpc) is 2.78. The Kier molecular flexibility index (Phi) is 6.47. The minimum absolute atomic E-state index is 0.308. The summed E-state index contributed by atoms with van der Waals surface area (Å²) in [6.07, 6.45) is 5.53. The molecule has 6 nitrogen and oxygen atoms in total. The second kappa shape index (κ2) is 9.41. The van der Waals surface area contributed by atoms with Gasteiger partial charge >= 0.3 is 5.97 Å². The Balaban J connectivity index is 1.80.